The summed E-state index contributed by atoms with van der Waals surface area (Å²) in [4.78, 5) is 36.1. The first-order valence-corrected chi connectivity index (χ1v) is 14.5. The van der Waals surface area contributed by atoms with Crippen molar-refractivity contribution < 1.29 is 28.0 Å². The van der Waals surface area contributed by atoms with Crippen LogP contribution in [-0.4, -0.2) is 36.4 Å². The van der Waals surface area contributed by atoms with Crippen LogP contribution >= 0.6 is 12.0 Å². The molecule has 2 unspecified atom stereocenters. The lowest BCUT2D eigenvalue weighted by atomic mass is 10.0. The fraction of sp³-hybridized carbons (Fsp3) is 0.889. The van der Waals surface area contributed by atoms with Gasteiger partial charge in [0, 0.05) is 0 Å². The van der Waals surface area contributed by atoms with Crippen LogP contribution < -0.4 is 0 Å². The van der Waals surface area contributed by atoms with E-state index in [1.165, 1.54) is 77.0 Å². The lowest BCUT2D eigenvalue weighted by molar-refractivity contribution is -0.149. The van der Waals surface area contributed by atoms with Crippen molar-refractivity contribution in [3.63, 3.8) is 0 Å². The minimum Gasteiger partial charge on any atom is -0.466 e. The first-order chi connectivity index (χ1) is 16.5. The van der Waals surface area contributed by atoms with Gasteiger partial charge in [-0.15, -0.1) is 0 Å². The third kappa shape index (κ3) is 19.1. The van der Waals surface area contributed by atoms with E-state index in [0.29, 0.717) is 12.0 Å². The van der Waals surface area contributed by atoms with E-state index in [1.807, 2.05) is 6.92 Å². The van der Waals surface area contributed by atoms with Gasteiger partial charge >= 0.3 is 17.9 Å². The summed E-state index contributed by atoms with van der Waals surface area (Å²) in [6.07, 6.45) is 18.8. The van der Waals surface area contributed by atoms with E-state index in [9.17, 15) is 14.4 Å². The number of carbonyl (C=O) groups is 3. The molecule has 0 aliphatic heterocycles. The molecular formula is C27H50O6S. The second-order valence-corrected chi connectivity index (χ2v) is 9.96. The highest BCUT2D eigenvalue weighted by atomic mass is 32.2. The first-order valence-electron chi connectivity index (χ1n) is 13.7. The maximum Gasteiger partial charge on any atom is 0.323 e. The fourth-order valence-electron chi connectivity index (χ4n) is 3.71. The predicted octanol–water partition coefficient (Wildman–Crippen LogP) is 7.57. The van der Waals surface area contributed by atoms with E-state index in [4.69, 9.17) is 13.7 Å². The predicted molar refractivity (Wildman–Crippen MR) is 139 cm³/mol. The Bertz CT molecular complexity index is 525. The van der Waals surface area contributed by atoms with Crippen molar-refractivity contribution in [1.29, 1.82) is 0 Å². The fourth-order valence-corrected chi connectivity index (χ4v) is 4.44. The number of unbranched alkanes of at least 4 members (excludes halogenated alkanes) is 13. The number of hydrogen-bond donors (Lipinski definition) is 0. The number of rotatable bonds is 23. The molecule has 7 heteroatoms. The second kappa shape index (κ2) is 23.5. The zero-order chi connectivity index (χ0) is 25.4. The van der Waals surface area contributed by atoms with E-state index in [1.54, 1.807) is 13.8 Å². The molecule has 0 rings (SSSR count). The molecule has 0 radical (unpaired) electrons. The summed E-state index contributed by atoms with van der Waals surface area (Å²) in [6, 6.07) is 0. The maximum absolute atomic E-state index is 12.3. The Morgan fingerprint density at radius 1 is 0.647 bits per heavy atom. The summed E-state index contributed by atoms with van der Waals surface area (Å²) in [7, 11) is 0. The molecule has 34 heavy (non-hydrogen) atoms. The van der Waals surface area contributed by atoms with Crippen LogP contribution in [0.4, 0.5) is 0 Å². The summed E-state index contributed by atoms with van der Waals surface area (Å²) in [5, 5.41) is -0.906. The van der Waals surface area contributed by atoms with Gasteiger partial charge in [-0.2, -0.15) is 0 Å². The van der Waals surface area contributed by atoms with Crippen LogP contribution in [0.2, 0.25) is 0 Å². The Kier molecular flexibility index (Phi) is 22.6. The van der Waals surface area contributed by atoms with Crippen molar-refractivity contribution in [2.45, 2.75) is 136 Å². The van der Waals surface area contributed by atoms with Gasteiger partial charge in [-0.05, 0) is 20.3 Å². The molecule has 0 N–H and O–H groups in total. The number of ether oxygens (including phenoxy) is 2. The SMILES string of the molecule is CCCCCCCCCCCCCCCCC(C)C(=O)OSC(CC(=O)OCC)C(=O)OCC. The minimum atomic E-state index is -0.906. The smallest absolute Gasteiger partial charge is 0.323 e. The van der Waals surface area contributed by atoms with Crippen LogP contribution in [0.25, 0.3) is 0 Å². The average molecular weight is 503 g/mol. The first kappa shape index (κ1) is 32.8. The average Bonchev–Trinajstić information content (AvgIpc) is 2.81. The second-order valence-electron chi connectivity index (χ2n) is 9.03. The van der Waals surface area contributed by atoms with Crippen LogP contribution in [-0.2, 0) is 28.0 Å². The molecule has 0 heterocycles. The van der Waals surface area contributed by atoms with Crippen LogP contribution in [0.5, 0.6) is 0 Å². The highest BCUT2D eigenvalue weighted by Gasteiger charge is 2.28. The standard InChI is InChI=1S/C27H50O6S/c1-5-8-9-10-11-12-13-14-15-16-17-18-19-20-21-23(4)26(29)33-34-24(27(30)32-7-3)22-25(28)31-6-2/h23-24H,5-22H2,1-4H3. The van der Waals surface area contributed by atoms with Gasteiger partial charge in [0.05, 0.1) is 37.6 Å². The lowest BCUT2D eigenvalue weighted by Crippen LogP contribution is -2.26. The molecule has 0 bridgehead atoms. The zero-order valence-electron chi connectivity index (χ0n) is 22.2. The molecule has 0 amide bonds. The summed E-state index contributed by atoms with van der Waals surface area (Å²) in [5.41, 5.74) is 0. The number of esters is 2. The van der Waals surface area contributed by atoms with Crippen LogP contribution in [0.3, 0.4) is 0 Å². The van der Waals surface area contributed by atoms with Gasteiger partial charge in [-0.3, -0.25) is 14.4 Å². The molecule has 0 saturated carbocycles. The van der Waals surface area contributed by atoms with Gasteiger partial charge in [0.15, 0.2) is 5.25 Å². The summed E-state index contributed by atoms with van der Waals surface area (Å²) >= 11 is 0.698. The van der Waals surface area contributed by atoms with Gasteiger partial charge in [0.25, 0.3) is 0 Å². The number of hydrogen-bond acceptors (Lipinski definition) is 7. The van der Waals surface area contributed by atoms with E-state index in [-0.39, 0.29) is 31.5 Å². The quantitative estimate of drug-likeness (QED) is 0.0809. The molecule has 2 atom stereocenters. The zero-order valence-corrected chi connectivity index (χ0v) is 23.1. The molecule has 0 aliphatic carbocycles. The Labute approximate surface area is 212 Å². The van der Waals surface area contributed by atoms with E-state index >= 15 is 0 Å². The van der Waals surface area contributed by atoms with Crippen LogP contribution in [0.1, 0.15) is 130 Å². The number of carbonyl (C=O) groups excluding carboxylic acids is 3. The van der Waals surface area contributed by atoms with E-state index in [2.05, 4.69) is 6.92 Å². The Morgan fingerprint density at radius 2 is 1.12 bits per heavy atom. The summed E-state index contributed by atoms with van der Waals surface area (Å²) in [5.74, 6) is -1.69. The van der Waals surface area contributed by atoms with E-state index < -0.39 is 17.2 Å². The van der Waals surface area contributed by atoms with Crippen molar-refractivity contribution in [3.8, 4) is 0 Å². The molecule has 200 valence electrons. The topological polar surface area (TPSA) is 78.9 Å². The molecule has 0 aromatic heterocycles. The molecular weight excluding hydrogens is 452 g/mol. The van der Waals surface area contributed by atoms with Gasteiger partial charge in [-0.1, -0.05) is 104 Å². The molecule has 0 aromatic rings. The molecule has 0 aromatic carbocycles. The third-order valence-corrected chi connectivity index (χ3v) is 6.70. The van der Waals surface area contributed by atoms with Crippen molar-refractivity contribution in [3.05, 3.63) is 0 Å². The van der Waals surface area contributed by atoms with Crippen molar-refractivity contribution in [2.75, 3.05) is 13.2 Å². The third-order valence-electron chi connectivity index (χ3n) is 5.85. The van der Waals surface area contributed by atoms with Crippen molar-refractivity contribution >= 4 is 30.0 Å². The molecule has 0 aliphatic rings. The Balaban J connectivity index is 3.85. The molecule has 0 fully saturated rings. The van der Waals surface area contributed by atoms with Crippen LogP contribution in [0, 0.1) is 5.92 Å². The highest BCUT2D eigenvalue weighted by molar-refractivity contribution is 7.96. The van der Waals surface area contributed by atoms with Crippen molar-refractivity contribution in [1.82, 2.24) is 0 Å². The van der Waals surface area contributed by atoms with Gasteiger partial charge in [-0.25, -0.2) is 0 Å². The summed E-state index contributed by atoms with van der Waals surface area (Å²) < 4.78 is 15.1. The van der Waals surface area contributed by atoms with Gasteiger partial charge in [0.2, 0.25) is 0 Å². The van der Waals surface area contributed by atoms with E-state index in [0.717, 1.165) is 19.3 Å². The van der Waals surface area contributed by atoms with Crippen LogP contribution in [0.15, 0.2) is 0 Å². The Morgan fingerprint density at radius 3 is 1.59 bits per heavy atom. The molecule has 0 spiro atoms. The van der Waals surface area contributed by atoms with Gasteiger partial charge < -0.3 is 13.7 Å². The maximum atomic E-state index is 12.3. The van der Waals surface area contributed by atoms with Gasteiger partial charge in [0.1, 0.15) is 0 Å². The van der Waals surface area contributed by atoms with Crippen molar-refractivity contribution in [2.24, 2.45) is 5.92 Å². The minimum absolute atomic E-state index is 0.183. The highest BCUT2D eigenvalue weighted by Crippen LogP contribution is 2.22. The largest absolute Gasteiger partial charge is 0.466 e. The lowest BCUT2D eigenvalue weighted by Gasteiger charge is -2.15. The normalized spacial score (nSPS) is 12.7. The summed E-state index contributed by atoms with van der Waals surface area (Å²) in [6.45, 7) is 7.92. The molecule has 0 saturated heterocycles. The molecule has 6 nitrogen and oxygen atoms in total. The Hall–Kier alpha value is -1.24. The monoisotopic (exact) mass is 502 g/mol.